The molecule has 0 heterocycles. The van der Waals surface area contributed by atoms with Crippen molar-refractivity contribution >= 4 is 44.4 Å². The summed E-state index contributed by atoms with van der Waals surface area (Å²) in [7, 11) is 0. The summed E-state index contributed by atoms with van der Waals surface area (Å²) >= 11 is 5.74. The summed E-state index contributed by atoms with van der Waals surface area (Å²) in [5.74, 6) is 0.794. The number of fused-ring (bicyclic) bond motifs is 2. The van der Waals surface area contributed by atoms with E-state index in [1.165, 1.54) is 12.8 Å². The van der Waals surface area contributed by atoms with E-state index in [0.29, 0.717) is 11.5 Å². The lowest BCUT2D eigenvalue weighted by molar-refractivity contribution is 0.0825. The van der Waals surface area contributed by atoms with Crippen LogP contribution < -0.4 is 5.32 Å². The van der Waals surface area contributed by atoms with Crippen LogP contribution in [0.3, 0.4) is 0 Å². The number of carbonyl (C=O) groups excluding carboxylic acids is 1. The molecule has 4 heteroatoms. The van der Waals surface area contributed by atoms with Crippen LogP contribution in [0.25, 0.3) is 0 Å². The first-order valence-electron chi connectivity index (χ1n) is 7.51. The van der Waals surface area contributed by atoms with Gasteiger partial charge in [-0.3, -0.25) is 4.79 Å². The molecule has 3 atom stereocenters. The Morgan fingerprint density at radius 3 is 2.67 bits per heavy atom. The van der Waals surface area contributed by atoms with Crippen molar-refractivity contribution in [3.05, 3.63) is 31.8 Å². The van der Waals surface area contributed by atoms with Crippen LogP contribution in [0.15, 0.2) is 22.7 Å². The number of halogens is 2. The van der Waals surface area contributed by atoms with Crippen molar-refractivity contribution in [1.29, 1.82) is 0 Å². The van der Waals surface area contributed by atoms with Crippen molar-refractivity contribution < 1.29 is 4.79 Å². The van der Waals surface area contributed by atoms with E-state index < -0.39 is 0 Å². The molecule has 2 aliphatic carbocycles. The Balaban J connectivity index is 1.82. The Hall–Kier alpha value is -0.100. The van der Waals surface area contributed by atoms with Gasteiger partial charge in [-0.25, -0.2) is 0 Å². The highest BCUT2D eigenvalue weighted by Gasteiger charge is 2.61. The first-order valence-corrected chi connectivity index (χ1v) is 9.39. The van der Waals surface area contributed by atoms with Crippen molar-refractivity contribution in [2.75, 3.05) is 0 Å². The quantitative estimate of drug-likeness (QED) is 0.617. The van der Waals surface area contributed by atoms with E-state index in [4.69, 9.17) is 0 Å². The number of rotatable bonds is 2. The van der Waals surface area contributed by atoms with Crippen molar-refractivity contribution in [1.82, 2.24) is 5.32 Å². The van der Waals surface area contributed by atoms with E-state index >= 15 is 0 Å². The van der Waals surface area contributed by atoms with E-state index in [-0.39, 0.29) is 11.3 Å². The zero-order valence-corrected chi connectivity index (χ0v) is 16.4. The molecule has 2 fully saturated rings. The standard InChI is InChI=1S/C17H21BrINO/c1-16(2)10-6-7-17(16,3)14(8-10)20-15(21)12-9-11(19)4-5-13(12)18/h4-5,9-10,14H,6-8H2,1-3H3,(H,20,21). The molecular weight excluding hydrogens is 441 g/mol. The molecule has 3 rings (SSSR count). The maximum atomic E-state index is 12.7. The molecule has 1 N–H and O–H groups in total. The van der Waals surface area contributed by atoms with Crippen LogP contribution in [0.5, 0.6) is 0 Å². The Labute approximate surface area is 148 Å². The van der Waals surface area contributed by atoms with Gasteiger partial charge >= 0.3 is 0 Å². The van der Waals surface area contributed by atoms with Crippen molar-refractivity contribution in [2.24, 2.45) is 16.7 Å². The van der Waals surface area contributed by atoms with Crippen LogP contribution in [0.2, 0.25) is 0 Å². The summed E-state index contributed by atoms with van der Waals surface area (Å²) in [5.41, 5.74) is 1.29. The fourth-order valence-corrected chi connectivity index (χ4v) is 5.25. The first kappa shape index (κ1) is 15.8. The van der Waals surface area contributed by atoms with Gasteiger partial charge in [0.25, 0.3) is 5.91 Å². The van der Waals surface area contributed by atoms with Crippen LogP contribution in [0.4, 0.5) is 0 Å². The zero-order valence-electron chi connectivity index (χ0n) is 12.7. The van der Waals surface area contributed by atoms with Gasteiger partial charge in [0.2, 0.25) is 0 Å². The lowest BCUT2D eigenvalue weighted by Gasteiger charge is -2.39. The molecule has 21 heavy (non-hydrogen) atoms. The molecule has 2 saturated carbocycles. The molecule has 2 bridgehead atoms. The van der Waals surface area contributed by atoms with E-state index in [0.717, 1.165) is 25.9 Å². The number of nitrogens with one attached hydrogen (secondary N) is 1. The van der Waals surface area contributed by atoms with Gasteiger partial charge in [-0.05, 0) is 92.7 Å². The van der Waals surface area contributed by atoms with E-state index in [9.17, 15) is 4.79 Å². The topological polar surface area (TPSA) is 29.1 Å². The SMILES string of the molecule is CC1(C)C2CCC1(C)C(NC(=O)c1cc(I)ccc1Br)C2. The van der Waals surface area contributed by atoms with Crippen LogP contribution >= 0.6 is 38.5 Å². The zero-order chi connectivity index (χ0) is 15.4. The predicted octanol–water partition coefficient (Wildman–Crippen LogP) is 5.00. The van der Waals surface area contributed by atoms with Gasteiger partial charge in [0, 0.05) is 14.1 Å². The fourth-order valence-electron chi connectivity index (χ4n) is 4.33. The molecule has 0 saturated heterocycles. The van der Waals surface area contributed by atoms with Crippen molar-refractivity contribution in [3.8, 4) is 0 Å². The molecule has 0 aliphatic heterocycles. The Morgan fingerprint density at radius 2 is 2.10 bits per heavy atom. The second-order valence-electron chi connectivity index (χ2n) is 7.26. The lowest BCUT2D eigenvalue weighted by Crippen LogP contribution is -2.46. The summed E-state index contributed by atoms with van der Waals surface area (Å²) < 4.78 is 1.95. The van der Waals surface area contributed by atoms with Gasteiger partial charge in [0.15, 0.2) is 0 Å². The summed E-state index contributed by atoms with van der Waals surface area (Å²) in [6, 6.07) is 6.19. The lowest BCUT2D eigenvalue weighted by atomic mass is 9.69. The minimum Gasteiger partial charge on any atom is -0.349 e. The minimum absolute atomic E-state index is 0.0509. The fraction of sp³-hybridized carbons (Fsp3) is 0.588. The number of carbonyl (C=O) groups is 1. The molecular formula is C17H21BrINO. The molecule has 2 aliphatic rings. The van der Waals surface area contributed by atoms with Gasteiger partial charge in [-0.1, -0.05) is 20.8 Å². The molecule has 3 unspecified atom stereocenters. The number of benzene rings is 1. The van der Waals surface area contributed by atoms with Crippen molar-refractivity contribution in [2.45, 2.75) is 46.1 Å². The molecule has 2 nitrogen and oxygen atoms in total. The molecule has 1 aromatic rings. The normalized spacial score (nSPS) is 33.2. The van der Waals surface area contributed by atoms with E-state index in [2.05, 4.69) is 64.6 Å². The summed E-state index contributed by atoms with van der Waals surface area (Å²) in [6.07, 6.45) is 3.66. The Bertz CT molecular complexity index is 600. The van der Waals surface area contributed by atoms with Gasteiger partial charge < -0.3 is 5.32 Å². The highest BCUT2D eigenvalue weighted by Crippen LogP contribution is 2.65. The molecule has 0 spiro atoms. The Morgan fingerprint density at radius 1 is 1.38 bits per heavy atom. The third-order valence-electron chi connectivity index (χ3n) is 6.27. The Kier molecular flexibility index (Phi) is 3.92. The third-order valence-corrected chi connectivity index (χ3v) is 7.63. The van der Waals surface area contributed by atoms with E-state index in [1.807, 2.05) is 18.2 Å². The molecule has 0 radical (unpaired) electrons. The molecule has 1 aromatic carbocycles. The van der Waals surface area contributed by atoms with Crippen LogP contribution in [-0.4, -0.2) is 11.9 Å². The number of hydrogen-bond donors (Lipinski definition) is 1. The smallest absolute Gasteiger partial charge is 0.252 e. The van der Waals surface area contributed by atoms with Crippen LogP contribution in [-0.2, 0) is 0 Å². The van der Waals surface area contributed by atoms with Gasteiger partial charge in [0.1, 0.15) is 0 Å². The molecule has 0 aromatic heterocycles. The summed E-state index contributed by atoms with van der Waals surface area (Å²) in [4.78, 5) is 12.7. The average Bonchev–Trinajstić information content (AvgIpc) is 2.74. The third kappa shape index (κ3) is 2.37. The van der Waals surface area contributed by atoms with Crippen LogP contribution in [0, 0.1) is 20.3 Å². The highest BCUT2D eigenvalue weighted by atomic mass is 127. The summed E-state index contributed by atoms with van der Waals surface area (Å²) in [5, 5.41) is 3.32. The maximum absolute atomic E-state index is 12.7. The summed E-state index contributed by atoms with van der Waals surface area (Å²) in [6.45, 7) is 7.10. The van der Waals surface area contributed by atoms with E-state index in [1.54, 1.807) is 0 Å². The van der Waals surface area contributed by atoms with Crippen molar-refractivity contribution in [3.63, 3.8) is 0 Å². The molecule has 114 valence electrons. The van der Waals surface area contributed by atoms with Gasteiger partial charge in [0.05, 0.1) is 5.56 Å². The predicted molar refractivity (Wildman–Crippen MR) is 97.3 cm³/mol. The monoisotopic (exact) mass is 461 g/mol. The second-order valence-corrected chi connectivity index (χ2v) is 9.36. The average molecular weight is 462 g/mol. The first-order chi connectivity index (χ1) is 9.75. The number of hydrogen-bond acceptors (Lipinski definition) is 1. The highest BCUT2D eigenvalue weighted by molar-refractivity contribution is 14.1. The molecule has 1 amide bonds. The minimum atomic E-state index is 0.0509. The van der Waals surface area contributed by atoms with Gasteiger partial charge in [-0.15, -0.1) is 0 Å². The largest absolute Gasteiger partial charge is 0.349 e. The van der Waals surface area contributed by atoms with Crippen LogP contribution in [0.1, 0.15) is 50.4 Å². The van der Waals surface area contributed by atoms with Gasteiger partial charge in [-0.2, -0.15) is 0 Å². The maximum Gasteiger partial charge on any atom is 0.252 e. The second kappa shape index (κ2) is 5.22. The number of amides is 1.